The number of allylic oxidation sites excluding steroid dienone is 6. The van der Waals surface area contributed by atoms with Gasteiger partial charge in [-0.3, -0.25) is 9.59 Å². The van der Waals surface area contributed by atoms with Crippen LogP contribution in [0.5, 0.6) is 11.5 Å². The number of halogens is 4. The minimum absolute atomic E-state index is 0.0426. The molecule has 8 aromatic rings. The van der Waals surface area contributed by atoms with E-state index in [9.17, 15) is 48.2 Å². The van der Waals surface area contributed by atoms with Crippen LogP contribution in [0.4, 0.5) is 28.9 Å². The van der Waals surface area contributed by atoms with Gasteiger partial charge < -0.3 is 9.47 Å². The summed E-state index contributed by atoms with van der Waals surface area (Å²) in [7, 11) is 0. The van der Waals surface area contributed by atoms with Crippen molar-refractivity contribution in [2.24, 2.45) is 8.73 Å². The molecule has 0 spiro atoms. The molecule has 78 heavy (non-hydrogen) atoms. The SMILES string of the molecule is CCn1nc2c(-c3cc4c(s3)-c3sc(/C=C5\C(=O)c6cc(F)c(F)cc6C5=C(C#N)C#N)cc3OC4(C)C)c3c(c(-c4cc5c(s4)-c4sc(/C=C6\C(=O)c7cc(F)c(F)cc7C6=C(C#N)C#N)cc4OC5(C)C)c2n1)N=S=N3. The maximum absolute atomic E-state index is 14.6. The molecule has 3 aromatic carbocycles. The van der Waals surface area contributed by atoms with E-state index < -0.39 is 57.2 Å². The molecule has 0 saturated carbocycles. The molecule has 2 aliphatic carbocycles. The van der Waals surface area contributed by atoms with Crippen molar-refractivity contribution in [2.45, 2.75) is 52.4 Å². The lowest BCUT2D eigenvalue weighted by Crippen LogP contribution is -2.27. The van der Waals surface area contributed by atoms with E-state index in [2.05, 4.69) is 12.1 Å². The van der Waals surface area contributed by atoms with Crippen LogP contribution in [0.1, 0.15) is 87.3 Å². The molecule has 0 unspecified atom stereocenters. The van der Waals surface area contributed by atoms with Crippen LogP contribution in [-0.4, -0.2) is 26.6 Å². The molecule has 13 rings (SSSR count). The highest BCUT2D eigenvalue weighted by atomic mass is 32.1. The van der Waals surface area contributed by atoms with Crippen molar-refractivity contribution in [1.29, 1.82) is 21.0 Å². The molecule has 5 aliphatic rings. The van der Waals surface area contributed by atoms with Gasteiger partial charge in [-0.05, 0) is 106 Å². The highest BCUT2D eigenvalue weighted by molar-refractivity contribution is 7.58. The molecule has 378 valence electrons. The van der Waals surface area contributed by atoms with Crippen molar-refractivity contribution in [3.05, 3.63) is 137 Å². The molecule has 3 aliphatic heterocycles. The summed E-state index contributed by atoms with van der Waals surface area (Å²) in [5.41, 5.74) is 2.21. The Labute approximate surface area is 458 Å². The molecule has 0 amide bonds. The molecule has 0 atom stereocenters. The molecule has 0 fully saturated rings. The third kappa shape index (κ3) is 7.01. The number of carbonyl (C=O) groups is 2. The van der Waals surface area contributed by atoms with Gasteiger partial charge in [0.1, 0.15) is 80.5 Å². The smallest absolute Gasteiger partial charge is 0.194 e. The van der Waals surface area contributed by atoms with Gasteiger partial charge in [0.25, 0.3) is 0 Å². The number of fused-ring (bicyclic) bond motifs is 10. The molecular weight excluding hydrogens is 1100 g/mol. The average Bonchev–Trinajstić information content (AvgIpc) is 4.47. The van der Waals surface area contributed by atoms with Crippen molar-refractivity contribution < 1.29 is 36.6 Å². The number of nitriles is 4. The van der Waals surface area contributed by atoms with Crippen molar-refractivity contribution in [3.8, 4) is 76.2 Å². The van der Waals surface area contributed by atoms with E-state index >= 15 is 0 Å². The fourth-order valence-electron chi connectivity index (χ4n) is 10.4. The Balaban J connectivity index is 0.920. The zero-order valence-electron chi connectivity index (χ0n) is 40.7. The topological polar surface area (TPSA) is 203 Å². The van der Waals surface area contributed by atoms with Gasteiger partial charge in [-0.1, -0.05) is 0 Å². The number of carbonyl (C=O) groups excluding carboxylic acids is 2. The summed E-state index contributed by atoms with van der Waals surface area (Å²) in [5, 5.41) is 49.6. The third-order valence-corrected chi connectivity index (χ3v) is 19.2. The molecule has 0 saturated heterocycles. The van der Waals surface area contributed by atoms with Crippen LogP contribution < -0.4 is 9.47 Å². The number of hydrogen-bond acceptors (Lipinski definition) is 16. The number of thiophene rings is 4. The number of Topliss-reactive ketones (excluding diaryl/α,β-unsaturated/α-hetero) is 2. The second-order valence-corrected chi connectivity index (χ2v) is 24.1. The van der Waals surface area contributed by atoms with Gasteiger partial charge in [-0.15, -0.1) is 45.3 Å². The van der Waals surface area contributed by atoms with Crippen molar-refractivity contribution in [2.75, 3.05) is 0 Å². The number of rotatable bonds is 5. The number of aromatic nitrogens is 3. The van der Waals surface area contributed by atoms with E-state index in [-0.39, 0.29) is 44.5 Å². The van der Waals surface area contributed by atoms with E-state index in [4.69, 9.17) is 28.4 Å². The number of aryl methyl sites for hydroxylation is 1. The van der Waals surface area contributed by atoms with Gasteiger partial charge in [0, 0.05) is 64.1 Å². The Kier molecular flexibility index (Phi) is 10.7. The molecule has 0 radical (unpaired) electrons. The summed E-state index contributed by atoms with van der Waals surface area (Å²) < 4.78 is 81.1. The molecule has 0 N–H and O–H groups in total. The third-order valence-electron chi connectivity index (χ3n) is 13.9. The highest BCUT2D eigenvalue weighted by Crippen LogP contribution is 2.61. The molecule has 8 heterocycles. The van der Waals surface area contributed by atoms with Crippen LogP contribution in [0.2, 0.25) is 0 Å². The molecule has 0 bridgehead atoms. The van der Waals surface area contributed by atoms with Crippen LogP contribution in [0.15, 0.2) is 79.5 Å². The first-order chi connectivity index (χ1) is 37.4. The Morgan fingerprint density at radius 2 is 0.962 bits per heavy atom. The largest absolute Gasteiger partial charge is 0.482 e. The zero-order valence-corrected chi connectivity index (χ0v) is 44.8. The summed E-state index contributed by atoms with van der Waals surface area (Å²) in [6, 6.07) is 18.1. The Bertz CT molecular complexity index is 4320. The summed E-state index contributed by atoms with van der Waals surface area (Å²) in [4.78, 5) is 35.2. The van der Waals surface area contributed by atoms with Gasteiger partial charge in [-0.2, -0.15) is 44.8 Å². The number of ether oxygens (including phenoxy) is 2. The molecular formula is C56H27F4N9O4S5. The molecule has 22 heteroatoms. The van der Waals surface area contributed by atoms with Crippen molar-refractivity contribution in [1.82, 2.24) is 15.0 Å². The van der Waals surface area contributed by atoms with Crippen LogP contribution in [0.25, 0.3) is 74.7 Å². The maximum atomic E-state index is 14.6. The first kappa shape index (κ1) is 48.9. The first-order valence-electron chi connectivity index (χ1n) is 23.5. The van der Waals surface area contributed by atoms with Crippen molar-refractivity contribution in [3.63, 3.8) is 0 Å². The minimum Gasteiger partial charge on any atom is -0.482 e. The number of hydrogen-bond donors (Lipinski definition) is 0. The van der Waals surface area contributed by atoms with E-state index in [1.165, 1.54) is 57.5 Å². The van der Waals surface area contributed by atoms with Crippen LogP contribution in [0.3, 0.4) is 0 Å². The van der Waals surface area contributed by atoms with E-state index in [1.54, 1.807) is 41.2 Å². The number of ketones is 2. The Morgan fingerprint density at radius 3 is 1.33 bits per heavy atom. The number of benzene rings is 3. The van der Waals surface area contributed by atoms with Gasteiger partial charge in [-0.25, -0.2) is 17.6 Å². The quantitative estimate of drug-likeness (QED) is 0.0906. The lowest BCUT2D eigenvalue weighted by Gasteiger charge is -2.31. The standard InChI is InChI=1S/C56H27F4N9O4S5/c1-6-69-65-45-43(39-15-31-51(76-39)53-37(72-55(31,2)3)9-23(74-53)7-29-41(21(17-61)18-62)25-11-33(57)35(59)13-27(25)49(29)70)47-48(68-78-67-47)44(46(45)66-69)40-16-32-52(77-40)54-38(73-56(32,4)5)10-24(75-54)8-30-42(22(19-63)20-64)26-12-34(58)36(60)14-28(26)50(30)71/h7-16H,6H2,1-5H3/b29-7-,30-8-. The van der Waals surface area contributed by atoms with Crippen LogP contribution >= 0.6 is 45.3 Å². The van der Waals surface area contributed by atoms with E-state index in [0.717, 1.165) is 76.0 Å². The van der Waals surface area contributed by atoms with E-state index in [0.29, 0.717) is 61.3 Å². The maximum Gasteiger partial charge on any atom is 0.194 e. The molecule has 5 aromatic heterocycles. The van der Waals surface area contributed by atoms with E-state index in [1.807, 2.05) is 34.6 Å². The summed E-state index contributed by atoms with van der Waals surface area (Å²) in [6.07, 6.45) is 3.03. The summed E-state index contributed by atoms with van der Waals surface area (Å²) in [5.74, 6) is -5.19. The van der Waals surface area contributed by atoms with Gasteiger partial charge in [0.05, 0.1) is 48.5 Å². The van der Waals surface area contributed by atoms with Crippen LogP contribution in [-0.2, 0) is 29.1 Å². The number of nitrogens with zero attached hydrogens (tertiary/aromatic N) is 9. The van der Waals surface area contributed by atoms with Crippen LogP contribution in [0, 0.1) is 68.6 Å². The predicted molar refractivity (Wildman–Crippen MR) is 289 cm³/mol. The fraction of sp³-hybridized carbons (Fsp3) is 0.143. The lowest BCUT2D eigenvalue weighted by molar-refractivity contribution is 0.103. The monoisotopic (exact) mass is 1130 g/mol. The Hall–Kier alpha value is -8.74. The Morgan fingerprint density at radius 1 is 0.577 bits per heavy atom. The predicted octanol–water partition coefficient (Wildman–Crippen LogP) is 15.1. The zero-order chi connectivity index (χ0) is 54.6. The lowest BCUT2D eigenvalue weighted by atomic mass is 9.93. The summed E-state index contributed by atoms with van der Waals surface area (Å²) >= 11 is 6.66. The highest BCUT2D eigenvalue weighted by Gasteiger charge is 2.42. The normalized spacial score (nSPS) is 16.5. The average molecular weight is 1130 g/mol. The van der Waals surface area contributed by atoms with Gasteiger partial charge in [0.2, 0.25) is 0 Å². The van der Waals surface area contributed by atoms with Gasteiger partial charge >= 0.3 is 0 Å². The van der Waals surface area contributed by atoms with Gasteiger partial charge in [0.15, 0.2) is 34.8 Å². The second kappa shape index (κ2) is 17.1. The summed E-state index contributed by atoms with van der Waals surface area (Å²) in [6.45, 7) is 10.1. The second-order valence-electron chi connectivity index (χ2n) is 19.3. The fourth-order valence-corrected chi connectivity index (χ4v) is 16.0. The van der Waals surface area contributed by atoms with Crippen molar-refractivity contribution >= 4 is 114 Å². The minimum atomic E-state index is -1.23. The molecule has 13 nitrogen and oxygen atoms in total. The first-order valence-corrected chi connectivity index (χ1v) is 27.5.